The van der Waals surface area contributed by atoms with Crippen LogP contribution >= 0.6 is 0 Å². The third kappa shape index (κ3) is 18.1. The van der Waals surface area contributed by atoms with Gasteiger partial charge in [-0.2, -0.15) is 0 Å². The van der Waals surface area contributed by atoms with Crippen molar-refractivity contribution in [2.24, 2.45) is 5.92 Å². The average Bonchev–Trinajstić information content (AvgIpc) is 3.16. The monoisotopic (exact) mass is 828 g/mol. The Morgan fingerprint density at radius 3 is 2.14 bits per heavy atom. The first-order valence-electron chi connectivity index (χ1n) is 21.3. The zero-order valence-electron chi connectivity index (χ0n) is 36.0. The topological polar surface area (TPSA) is 157 Å². The molecule has 0 spiro atoms. The van der Waals surface area contributed by atoms with Gasteiger partial charge in [0.15, 0.2) is 0 Å². The maximum absolute atomic E-state index is 14.1. The maximum atomic E-state index is 14.1. The molecule has 0 aliphatic carbocycles. The second kappa shape index (κ2) is 24.5. The fourth-order valence-corrected chi connectivity index (χ4v) is 7.29. The van der Waals surface area contributed by atoms with Crippen LogP contribution in [0.15, 0.2) is 36.4 Å². The fraction of sp³-hybridized carbons (Fsp3) is 0.622. The SMILES string of the molecule is CCCN(CCC)C(=O)c1cc(C)cc(C(=O)N[C@@H](Cc2cc(F)cc(F)c2)[C@H](O)CCNC(=O)CCC2CCN(C(=O)CCCCCNC(=O)OC(C)(C)C)CC2)c1. The van der Waals surface area contributed by atoms with Crippen LogP contribution in [-0.2, 0) is 20.7 Å². The van der Waals surface area contributed by atoms with Gasteiger partial charge in [0.1, 0.15) is 17.2 Å². The Morgan fingerprint density at radius 1 is 0.864 bits per heavy atom. The van der Waals surface area contributed by atoms with Crippen LogP contribution in [-0.4, -0.2) is 102 Å². The van der Waals surface area contributed by atoms with E-state index < -0.39 is 41.4 Å². The van der Waals surface area contributed by atoms with E-state index in [1.807, 2.05) is 39.5 Å². The largest absolute Gasteiger partial charge is 0.444 e. The summed E-state index contributed by atoms with van der Waals surface area (Å²) in [6, 6.07) is 6.97. The molecule has 0 aromatic heterocycles. The summed E-state index contributed by atoms with van der Waals surface area (Å²) in [5, 5.41) is 19.7. The quantitative estimate of drug-likeness (QED) is 0.0947. The molecule has 0 saturated carbocycles. The number of carbonyl (C=O) groups is 5. The minimum atomic E-state index is -1.18. The van der Waals surface area contributed by atoms with E-state index in [9.17, 15) is 37.9 Å². The number of ether oxygens (including phenoxy) is 1. The third-order valence-corrected chi connectivity index (χ3v) is 10.3. The Kier molecular flexibility index (Phi) is 20.2. The number of likely N-dealkylation sites (tertiary alicyclic amines) is 1. The van der Waals surface area contributed by atoms with Gasteiger partial charge in [0.25, 0.3) is 11.8 Å². The highest BCUT2D eigenvalue weighted by Crippen LogP contribution is 2.23. The molecule has 5 amide bonds. The summed E-state index contributed by atoms with van der Waals surface area (Å²) in [6.07, 6.45) is 5.30. The van der Waals surface area contributed by atoms with E-state index in [-0.39, 0.29) is 54.7 Å². The molecule has 1 fully saturated rings. The molecule has 2 aromatic rings. The molecule has 2 atom stereocenters. The Bertz CT molecular complexity index is 1670. The van der Waals surface area contributed by atoms with Crippen molar-refractivity contribution in [1.82, 2.24) is 25.8 Å². The standard InChI is InChI=1S/C45H67F2N5O7/c1-7-20-52(21-8-2)43(57)35-25-31(3)24-34(29-35)42(56)50-38(28-33-26-36(46)30-37(47)27-33)39(53)15-19-48-40(54)14-13-32-16-22-51(23-17-32)41(55)12-10-9-11-18-49-44(58)59-45(4,5)6/h24-27,29-30,32,38-39,53H,7-23,28H2,1-6H3,(H,48,54)(H,49,58)(H,50,56)/t38-,39+/m0/s1. The smallest absolute Gasteiger partial charge is 0.407 e. The highest BCUT2D eigenvalue weighted by Gasteiger charge is 2.26. The molecule has 0 bridgehead atoms. The highest BCUT2D eigenvalue weighted by molar-refractivity contribution is 6.00. The van der Waals surface area contributed by atoms with Crippen LogP contribution in [0.3, 0.4) is 0 Å². The predicted molar refractivity (Wildman–Crippen MR) is 224 cm³/mol. The number of alkyl carbamates (subject to hydrolysis) is 1. The second-order valence-electron chi connectivity index (χ2n) is 16.7. The number of piperidine rings is 1. The van der Waals surface area contributed by atoms with Crippen LogP contribution in [0.1, 0.15) is 137 Å². The van der Waals surface area contributed by atoms with Crippen molar-refractivity contribution in [3.05, 3.63) is 70.3 Å². The molecule has 0 unspecified atom stereocenters. The number of nitrogens with one attached hydrogen (secondary N) is 3. The summed E-state index contributed by atoms with van der Waals surface area (Å²) in [5.74, 6) is -2.05. The molecule has 0 radical (unpaired) electrons. The fourth-order valence-electron chi connectivity index (χ4n) is 7.29. The first-order valence-corrected chi connectivity index (χ1v) is 21.3. The Morgan fingerprint density at radius 2 is 1.51 bits per heavy atom. The lowest BCUT2D eigenvalue weighted by molar-refractivity contribution is -0.133. The number of unbranched alkanes of at least 4 members (excludes halogenated alkanes) is 2. The zero-order valence-corrected chi connectivity index (χ0v) is 36.0. The summed E-state index contributed by atoms with van der Waals surface area (Å²) in [7, 11) is 0. The van der Waals surface area contributed by atoms with Crippen LogP contribution in [0.4, 0.5) is 13.6 Å². The number of hydrogen-bond acceptors (Lipinski definition) is 7. The summed E-state index contributed by atoms with van der Waals surface area (Å²) in [5.41, 5.74) is 0.989. The number of rotatable bonds is 22. The van der Waals surface area contributed by atoms with Gasteiger partial charge in [0.05, 0.1) is 12.1 Å². The van der Waals surface area contributed by atoms with Crippen molar-refractivity contribution in [1.29, 1.82) is 0 Å². The van der Waals surface area contributed by atoms with E-state index in [0.717, 1.165) is 63.1 Å². The van der Waals surface area contributed by atoms with E-state index in [4.69, 9.17) is 4.74 Å². The van der Waals surface area contributed by atoms with Crippen molar-refractivity contribution < 1.29 is 42.6 Å². The van der Waals surface area contributed by atoms with E-state index in [1.165, 1.54) is 6.07 Å². The normalized spacial score (nSPS) is 14.3. The zero-order chi connectivity index (χ0) is 43.5. The molecular formula is C45H67F2N5O7. The number of aryl methyl sites for hydroxylation is 1. The lowest BCUT2D eigenvalue weighted by Crippen LogP contribution is -2.46. The molecule has 1 aliphatic rings. The Balaban J connectivity index is 1.47. The van der Waals surface area contributed by atoms with Gasteiger partial charge in [-0.1, -0.05) is 20.3 Å². The number of aliphatic hydroxyl groups excluding tert-OH is 1. The van der Waals surface area contributed by atoms with Crippen LogP contribution in [0.5, 0.6) is 0 Å². The lowest BCUT2D eigenvalue weighted by atomic mass is 9.91. The van der Waals surface area contributed by atoms with Gasteiger partial charge in [-0.15, -0.1) is 0 Å². The van der Waals surface area contributed by atoms with Gasteiger partial charge >= 0.3 is 6.09 Å². The molecular weight excluding hydrogens is 761 g/mol. The molecule has 14 heteroatoms. The summed E-state index contributed by atoms with van der Waals surface area (Å²) >= 11 is 0. The molecule has 1 aliphatic heterocycles. The van der Waals surface area contributed by atoms with Gasteiger partial charge in [0.2, 0.25) is 11.8 Å². The lowest BCUT2D eigenvalue weighted by Gasteiger charge is -2.32. The highest BCUT2D eigenvalue weighted by atomic mass is 19.1. The maximum Gasteiger partial charge on any atom is 0.407 e. The van der Waals surface area contributed by atoms with Crippen molar-refractivity contribution in [2.45, 2.75) is 136 Å². The first-order chi connectivity index (χ1) is 28.0. The summed E-state index contributed by atoms with van der Waals surface area (Å²) < 4.78 is 33.5. The van der Waals surface area contributed by atoms with Crippen molar-refractivity contribution in [3.63, 3.8) is 0 Å². The van der Waals surface area contributed by atoms with Crippen LogP contribution in [0.2, 0.25) is 0 Å². The number of aliphatic hydroxyl groups is 1. The Labute approximate surface area is 349 Å². The average molecular weight is 828 g/mol. The Hall–Kier alpha value is -4.59. The summed E-state index contributed by atoms with van der Waals surface area (Å²) in [6.45, 7) is 14.3. The number of nitrogens with zero attached hydrogens (tertiary/aromatic N) is 2. The van der Waals surface area contributed by atoms with Gasteiger partial charge in [0, 0.05) is 69.3 Å². The van der Waals surface area contributed by atoms with Crippen molar-refractivity contribution in [3.8, 4) is 0 Å². The van der Waals surface area contributed by atoms with Crippen LogP contribution < -0.4 is 16.0 Å². The number of hydrogen-bond donors (Lipinski definition) is 4. The molecule has 1 saturated heterocycles. The van der Waals surface area contributed by atoms with Crippen molar-refractivity contribution >= 4 is 29.7 Å². The molecule has 1 heterocycles. The molecule has 328 valence electrons. The van der Waals surface area contributed by atoms with E-state index in [1.54, 1.807) is 24.0 Å². The summed E-state index contributed by atoms with van der Waals surface area (Å²) in [4.78, 5) is 67.9. The number of benzene rings is 2. The molecule has 12 nitrogen and oxygen atoms in total. The minimum absolute atomic E-state index is 0.0653. The van der Waals surface area contributed by atoms with Crippen LogP contribution in [0, 0.1) is 24.5 Å². The molecule has 59 heavy (non-hydrogen) atoms. The number of amides is 5. The minimum Gasteiger partial charge on any atom is -0.444 e. The third-order valence-electron chi connectivity index (χ3n) is 10.3. The second-order valence-corrected chi connectivity index (χ2v) is 16.7. The van der Waals surface area contributed by atoms with Crippen molar-refractivity contribution in [2.75, 3.05) is 39.3 Å². The van der Waals surface area contributed by atoms with Gasteiger partial charge in [-0.25, -0.2) is 13.6 Å². The number of carbonyl (C=O) groups excluding carboxylic acids is 5. The predicted octanol–water partition coefficient (Wildman–Crippen LogP) is 6.85. The number of halogens is 2. The van der Waals surface area contributed by atoms with Crippen LogP contribution in [0.25, 0.3) is 0 Å². The molecule has 4 N–H and O–H groups in total. The molecule has 3 rings (SSSR count). The first kappa shape index (κ1) is 48.8. The van der Waals surface area contributed by atoms with Gasteiger partial charge in [-0.05, 0) is 133 Å². The molecule has 2 aromatic carbocycles. The van der Waals surface area contributed by atoms with E-state index in [2.05, 4.69) is 16.0 Å². The van der Waals surface area contributed by atoms with Gasteiger partial charge < -0.3 is 35.6 Å². The van der Waals surface area contributed by atoms with Gasteiger partial charge in [-0.3, -0.25) is 19.2 Å². The van der Waals surface area contributed by atoms with E-state index in [0.29, 0.717) is 62.6 Å². The van der Waals surface area contributed by atoms with E-state index >= 15 is 0 Å².